The number of nitrogens with zero attached hydrogens (tertiary/aromatic N) is 1. The molecule has 1 aromatic rings. The van der Waals surface area contributed by atoms with Crippen molar-refractivity contribution in [2.75, 3.05) is 25.6 Å². The molecule has 0 spiro atoms. The van der Waals surface area contributed by atoms with E-state index >= 15 is 0 Å². The van der Waals surface area contributed by atoms with Crippen molar-refractivity contribution in [2.24, 2.45) is 0 Å². The van der Waals surface area contributed by atoms with Crippen molar-refractivity contribution in [3.05, 3.63) is 18.2 Å². The number of rotatable bonds is 2. The lowest BCUT2D eigenvalue weighted by Gasteiger charge is -2.20. The molecule has 2 aliphatic heterocycles. The van der Waals surface area contributed by atoms with Crippen LogP contribution in [-0.2, 0) is 9.59 Å². The number of fused-ring (bicyclic) bond motifs is 1. The molecule has 1 atom stereocenters. The van der Waals surface area contributed by atoms with Crippen LogP contribution in [0.1, 0.15) is 6.42 Å². The average molecular weight is 262 g/mol. The first-order valence-corrected chi connectivity index (χ1v) is 6.12. The first-order chi connectivity index (χ1) is 9.15. The molecule has 100 valence electrons. The van der Waals surface area contributed by atoms with Gasteiger partial charge in [0.1, 0.15) is 19.3 Å². The summed E-state index contributed by atoms with van der Waals surface area (Å²) >= 11 is 0. The molecule has 2 aliphatic rings. The largest absolute Gasteiger partial charge is 0.486 e. The Morgan fingerprint density at radius 1 is 1.21 bits per heavy atom. The van der Waals surface area contributed by atoms with Crippen molar-refractivity contribution in [2.45, 2.75) is 12.5 Å². The van der Waals surface area contributed by atoms with Crippen LogP contribution in [0.4, 0.5) is 5.69 Å². The predicted octanol–water partition coefficient (Wildman–Crippen LogP) is 0.627. The molecule has 1 fully saturated rings. The second-order valence-corrected chi connectivity index (χ2v) is 4.55. The quantitative estimate of drug-likeness (QED) is 0.792. The lowest BCUT2D eigenvalue weighted by Crippen LogP contribution is -2.31. The Balaban J connectivity index is 1.77. The van der Waals surface area contributed by atoms with Crippen LogP contribution >= 0.6 is 0 Å². The second kappa shape index (κ2) is 4.46. The van der Waals surface area contributed by atoms with Crippen LogP contribution < -0.4 is 14.8 Å². The molecule has 0 unspecified atom stereocenters. The molecule has 1 N–H and O–H groups in total. The van der Waals surface area contributed by atoms with E-state index in [-0.39, 0.29) is 18.2 Å². The second-order valence-electron chi connectivity index (χ2n) is 4.55. The first kappa shape index (κ1) is 11.8. The topological polar surface area (TPSA) is 67.9 Å². The van der Waals surface area contributed by atoms with E-state index in [9.17, 15) is 9.59 Å². The number of carbonyl (C=O) groups is 2. The van der Waals surface area contributed by atoms with Crippen molar-refractivity contribution in [3.63, 3.8) is 0 Å². The lowest BCUT2D eigenvalue weighted by molar-refractivity contribution is -0.136. The molecule has 2 amide bonds. The number of imide groups is 1. The first-order valence-electron chi connectivity index (χ1n) is 6.12. The van der Waals surface area contributed by atoms with Gasteiger partial charge >= 0.3 is 0 Å². The smallest absolute Gasteiger partial charge is 0.251 e. The summed E-state index contributed by atoms with van der Waals surface area (Å²) in [6.45, 7) is 1.06. The monoisotopic (exact) mass is 262 g/mol. The number of hydrogen-bond donors (Lipinski definition) is 1. The number of anilines is 1. The maximum Gasteiger partial charge on any atom is 0.251 e. The Bertz CT molecular complexity index is 543. The highest BCUT2D eigenvalue weighted by molar-refractivity contribution is 6.06. The summed E-state index contributed by atoms with van der Waals surface area (Å²) in [6, 6.07) is 4.88. The summed E-state index contributed by atoms with van der Waals surface area (Å²) in [5.41, 5.74) is 0.741. The maximum atomic E-state index is 11.8. The van der Waals surface area contributed by atoms with Gasteiger partial charge in [0.25, 0.3) is 5.91 Å². The van der Waals surface area contributed by atoms with Crippen LogP contribution in [0.25, 0.3) is 0 Å². The van der Waals surface area contributed by atoms with E-state index < -0.39 is 6.04 Å². The third kappa shape index (κ3) is 2.09. The number of likely N-dealkylation sites (N-methyl/N-ethyl adjacent to an activating group) is 1. The normalized spacial score (nSPS) is 21.7. The van der Waals surface area contributed by atoms with Crippen LogP contribution in [0.15, 0.2) is 18.2 Å². The Labute approximate surface area is 110 Å². The number of benzene rings is 1. The van der Waals surface area contributed by atoms with Crippen LogP contribution in [0, 0.1) is 0 Å². The van der Waals surface area contributed by atoms with Gasteiger partial charge in [-0.1, -0.05) is 0 Å². The van der Waals surface area contributed by atoms with Gasteiger partial charge in [0.2, 0.25) is 5.91 Å². The fraction of sp³-hybridized carbons (Fsp3) is 0.385. The molecule has 2 heterocycles. The molecule has 0 saturated carbocycles. The van der Waals surface area contributed by atoms with Crippen LogP contribution in [0.3, 0.4) is 0 Å². The van der Waals surface area contributed by atoms with E-state index in [0.717, 1.165) is 10.6 Å². The molecular formula is C13H14N2O4. The molecule has 0 aromatic heterocycles. The summed E-state index contributed by atoms with van der Waals surface area (Å²) in [5.74, 6) is 0.976. The lowest BCUT2D eigenvalue weighted by atomic mass is 10.2. The Kier molecular flexibility index (Phi) is 2.77. The Hall–Kier alpha value is -2.24. The summed E-state index contributed by atoms with van der Waals surface area (Å²) in [7, 11) is 1.50. The van der Waals surface area contributed by atoms with Crippen molar-refractivity contribution >= 4 is 17.5 Å². The highest BCUT2D eigenvalue weighted by atomic mass is 16.6. The molecule has 1 aromatic carbocycles. The van der Waals surface area contributed by atoms with Gasteiger partial charge in [-0.15, -0.1) is 0 Å². The highest BCUT2D eigenvalue weighted by Gasteiger charge is 2.36. The number of likely N-dealkylation sites (tertiary alicyclic amines) is 1. The SMILES string of the molecule is CN1C(=O)C[C@@H](Nc2ccc3c(c2)OCCO3)C1=O. The average Bonchev–Trinajstić information content (AvgIpc) is 2.66. The van der Waals surface area contributed by atoms with Gasteiger partial charge in [-0.3, -0.25) is 14.5 Å². The van der Waals surface area contributed by atoms with Gasteiger partial charge < -0.3 is 14.8 Å². The zero-order valence-corrected chi connectivity index (χ0v) is 10.5. The molecule has 19 heavy (non-hydrogen) atoms. The third-order valence-corrected chi connectivity index (χ3v) is 3.26. The highest BCUT2D eigenvalue weighted by Crippen LogP contribution is 2.33. The maximum absolute atomic E-state index is 11.8. The number of amides is 2. The Morgan fingerprint density at radius 3 is 2.63 bits per heavy atom. The minimum absolute atomic E-state index is 0.167. The molecule has 6 nitrogen and oxygen atoms in total. The summed E-state index contributed by atoms with van der Waals surface area (Å²) in [6.07, 6.45) is 0.184. The third-order valence-electron chi connectivity index (χ3n) is 3.26. The summed E-state index contributed by atoms with van der Waals surface area (Å²) in [5, 5.41) is 3.05. The fourth-order valence-electron chi connectivity index (χ4n) is 2.20. The van der Waals surface area contributed by atoms with E-state index in [4.69, 9.17) is 9.47 Å². The minimum Gasteiger partial charge on any atom is -0.486 e. The zero-order chi connectivity index (χ0) is 13.4. The van der Waals surface area contributed by atoms with E-state index in [0.29, 0.717) is 24.7 Å². The molecule has 0 radical (unpaired) electrons. The van der Waals surface area contributed by atoms with E-state index in [1.165, 1.54) is 7.05 Å². The minimum atomic E-state index is -0.500. The molecular weight excluding hydrogens is 248 g/mol. The van der Waals surface area contributed by atoms with Gasteiger partial charge in [0.15, 0.2) is 11.5 Å². The van der Waals surface area contributed by atoms with Crippen molar-refractivity contribution in [1.82, 2.24) is 4.90 Å². The van der Waals surface area contributed by atoms with Crippen LogP contribution in [0.5, 0.6) is 11.5 Å². The molecule has 0 bridgehead atoms. The van der Waals surface area contributed by atoms with E-state index in [1.807, 2.05) is 6.07 Å². The molecule has 6 heteroatoms. The Morgan fingerprint density at radius 2 is 1.95 bits per heavy atom. The summed E-state index contributed by atoms with van der Waals surface area (Å²) < 4.78 is 10.9. The summed E-state index contributed by atoms with van der Waals surface area (Å²) in [4.78, 5) is 24.4. The molecule has 0 aliphatic carbocycles. The van der Waals surface area contributed by atoms with Crippen LogP contribution in [-0.4, -0.2) is 43.0 Å². The fourth-order valence-corrected chi connectivity index (χ4v) is 2.20. The van der Waals surface area contributed by atoms with Gasteiger partial charge in [-0.25, -0.2) is 0 Å². The van der Waals surface area contributed by atoms with E-state index in [2.05, 4.69) is 5.32 Å². The molecule has 3 rings (SSSR count). The molecule has 1 saturated heterocycles. The zero-order valence-electron chi connectivity index (χ0n) is 10.5. The van der Waals surface area contributed by atoms with E-state index in [1.54, 1.807) is 12.1 Å². The van der Waals surface area contributed by atoms with Crippen LogP contribution in [0.2, 0.25) is 0 Å². The predicted molar refractivity (Wildman–Crippen MR) is 67.2 cm³/mol. The van der Waals surface area contributed by atoms with Crippen molar-refractivity contribution in [1.29, 1.82) is 0 Å². The van der Waals surface area contributed by atoms with Gasteiger partial charge in [-0.2, -0.15) is 0 Å². The number of nitrogens with one attached hydrogen (secondary N) is 1. The standard InChI is InChI=1S/C13H14N2O4/c1-15-12(16)7-9(13(15)17)14-8-2-3-10-11(6-8)19-5-4-18-10/h2-3,6,9,14H,4-5,7H2,1H3/t9-/m1/s1. The van der Waals surface area contributed by atoms with Gasteiger partial charge in [0.05, 0.1) is 6.42 Å². The van der Waals surface area contributed by atoms with Crippen molar-refractivity contribution in [3.8, 4) is 11.5 Å². The number of hydrogen-bond acceptors (Lipinski definition) is 5. The van der Waals surface area contributed by atoms with Crippen molar-refractivity contribution < 1.29 is 19.1 Å². The number of ether oxygens (including phenoxy) is 2. The number of carbonyl (C=O) groups excluding carboxylic acids is 2. The van der Waals surface area contributed by atoms with Gasteiger partial charge in [0, 0.05) is 18.8 Å². The van der Waals surface area contributed by atoms with Gasteiger partial charge in [-0.05, 0) is 12.1 Å².